The summed E-state index contributed by atoms with van der Waals surface area (Å²) in [7, 11) is -3.57. The lowest BCUT2D eigenvalue weighted by atomic mass is 10.1. The number of hydrogen-bond donors (Lipinski definition) is 1. The van der Waals surface area contributed by atoms with E-state index in [0.717, 1.165) is 10.7 Å². The van der Waals surface area contributed by atoms with Gasteiger partial charge < -0.3 is 0 Å². The molecule has 2 rings (SSSR count). The molecular formula is C11H10FN5O2S. The zero-order valence-electron chi connectivity index (χ0n) is 10.4. The minimum Gasteiger partial charge on any atom is -0.282 e. The summed E-state index contributed by atoms with van der Waals surface area (Å²) in [6, 6.07) is 3.90. The summed E-state index contributed by atoms with van der Waals surface area (Å²) in [4.78, 5) is 3.68. The first-order valence-corrected chi connectivity index (χ1v) is 7.21. The first-order chi connectivity index (χ1) is 9.46. The molecule has 20 heavy (non-hydrogen) atoms. The number of anilines is 1. The summed E-state index contributed by atoms with van der Waals surface area (Å²) >= 11 is 0. The molecule has 0 aliphatic heterocycles. The Morgan fingerprint density at radius 3 is 2.80 bits per heavy atom. The van der Waals surface area contributed by atoms with Gasteiger partial charge in [-0.3, -0.25) is 4.72 Å². The van der Waals surface area contributed by atoms with Crippen molar-refractivity contribution in [2.75, 3.05) is 10.5 Å². The normalized spacial score (nSPS) is 11.1. The highest BCUT2D eigenvalue weighted by Gasteiger charge is 2.15. The van der Waals surface area contributed by atoms with E-state index < -0.39 is 15.8 Å². The van der Waals surface area contributed by atoms with Crippen LogP contribution in [0, 0.1) is 17.1 Å². The minimum absolute atomic E-state index is 0.00116. The lowest BCUT2D eigenvalue weighted by Gasteiger charge is -2.10. The molecular weight excluding hydrogens is 285 g/mol. The minimum atomic E-state index is -3.57. The van der Waals surface area contributed by atoms with Crippen molar-refractivity contribution in [2.24, 2.45) is 0 Å². The van der Waals surface area contributed by atoms with E-state index in [4.69, 9.17) is 5.26 Å². The molecule has 0 fully saturated rings. The SMILES string of the molecule is CCS(=O)(=O)Nc1cc(-n2cncn2)c(F)cc1C#N. The van der Waals surface area contributed by atoms with Crippen molar-refractivity contribution < 1.29 is 12.8 Å². The summed E-state index contributed by atoms with van der Waals surface area (Å²) in [6.07, 6.45) is 2.48. The Labute approximate surface area is 114 Å². The summed E-state index contributed by atoms with van der Waals surface area (Å²) in [5, 5.41) is 12.7. The van der Waals surface area contributed by atoms with Gasteiger partial charge in [0.2, 0.25) is 10.0 Å². The molecule has 0 atom stereocenters. The van der Waals surface area contributed by atoms with Gasteiger partial charge in [-0.25, -0.2) is 22.5 Å². The molecule has 0 bridgehead atoms. The highest BCUT2D eigenvalue weighted by Crippen LogP contribution is 2.23. The number of hydrogen-bond acceptors (Lipinski definition) is 5. The molecule has 9 heteroatoms. The summed E-state index contributed by atoms with van der Waals surface area (Å²) in [5.74, 6) is -0.861. The van der Waals surface area contributed by atoms with Crippen molar-refractivity contribution in [1.29, 1.82) is 5.26 Å². The van der Waals surface area contributed by atoms with Crippen molar-refractivity contribution in [3.63, 3.8) is 0 Å². The van der Waals surface area contributed by atoms with Crippen LogP contribution in [0.25, 0.3) is 5.69 Å². The molecule has 2 aromatic rings. The largest absolute Gasteiger partial charge is 0.282 e. The zero-order chi connectivity index (χ0) is 14.8. The third kappa shape index (κ3) is 2.75. The lowest BCUT2D eigenvalue weighted by Crippen LogP contribution is -2.16. The van der Waals surface area contributed by atoms with Crippen LogP contribution >= 0.6 is 0 Å². The monoisotopic (exact) mass is 295 g/mol. The first kappa shape index (κ1) is 14.0. The van der Waals surface area contributed by atoms with Gasteiger partial charge in [0.15, 0.2) is 0 Å². The number of aromatic nitrogens is 3. The van der Waals surface area contributed by atoms with Crippen LogP contribution in [0.5, 0.6) is 0 Å². The molecule has 7 nitrogen and oxygen atoms in total. The summed E-state index contributed by atoms with van der Waals surface area (Å²) in [5.41, 5.74) is -0.111. The van der Waals surface area contributed by atoms with E-state index in [1.165, 1.54) is 25.6 Å². The Bertz CT molecular complexity index is 765. The van der Waals surface area contributed by atoms with Crippen molar-refractivity contribution in [2.45, 2.75) is 6.92 Å². The lowest BCUT2D eigenvalue weighted by molar-refractivity contribution is 0.601. The molecule has 0 aliphatic rings. The van der Waals surface area contributed by atoms with E-state index in [2.05, 4.69) is 14.8 Å². The Hall–Kier alpha value is -2.47. The zero-order valence-corrected chi connectivity index (χ0v) is 11.2. The fourth-order valence-corrected chi connectivity index (χ4v) is 2.13. The molecule has 1 aromatic heterocycles. The number of nitriles is 1. The molecule has 104 valence electrons. The van der Waals surface area contributed by atoms with E-state index >= 15 is 0 Å². The van der Waals surface area contributed by atoms with Crippen LogP contribution in [0.15, 0.2) is 24.8 Å². The van der Waals surface area contributed by atoms with E-state index in [1.54, 1.807) is 6.07 Å². The average Bonchev–Trinajstić information content (AvgIpc) is 2.94. The smallest absolute Gasteiger partial charge is 0.232 e. The number of halogens is 1. The Kier molecular flexibility index (Phi) is 3.67. The fraction of sp³-hybridized carbons (Fsp3) is 0.182. The van der Waals surface area contributed by atoms with E-state index in [9.17, 15) is 12.8 Å². The molecule has 0 spiro atoms. The van der Waals surface area contributed by atoms with Crippen LogP contribution in [0.4, 0.5) is 10.1 Å². The number of nitrogens with zero attached hydrogens (tertiary/aromatic N) is 4. The van der Waals surface area contributed by atoms with Gasteiger partial charge in [0.25, 0.3) is 0 Å². The van der Waals surface area contributed by atoms with Crippen molar-refractivity contribution in [1.82, 2.24) is 14.8 Å². The average molecular weight is 295 g/mol. The Morgan fingerprint density at radius 1 is 1.50 bits per heavy atom. The molecule has 1 heterocycles. The van der Waals surface area contributed by atoms with E-state index in [0.29, 0.717) is 0 Å². The quantitative estimate of drug-likeness (QED) is 0.908. The number of sulfonamides is 1. The summed E-state index contributed by atoms with van der Waals surface area (Å²) < 4.78 is 40.4. The number of rotatable bonds is 4. The standard InChI is InChI=1S/C11H10FN5O2S/c1-2-20(18,19)16-10-4-11(17-7-14-6-15-17)9(12)3-8(10)5-13/h3-4,6-7,16H,2H2,1H3. The third-order valence-corrected chi connectivity index (χ3v) is 3.81. The topological polar surface area (TPSA) is 101 Å². The van der Waals surface area contributed by atoms with Gasteiger partial charge in [-0.05, 0) is 19.1 Å². The number of nitrogens with one attached hydrogen (secondary N) is 1. The van der Waals surface area contributed by atoms with Gasteiger partial charge in [-0.2, -0.15) is 10.4 Å². The van der Waals surface area contributed by atoms with Gasteiger partial charge in [0, 0.05) is 0 Å². The first-order valence-electron chi connectivity index (χ1n) is 5.56. The number of benzene rings is 1. The second-order valence-corrected chi connectivity index (χ2v) is 5.82. The molecule has 0 unspecified atom stereocenters. The molecule has 0 radical (unpaired) electrons. The van der Waals surface area contributed by atoms with Crippen LogP contribution in [-0.4, -0.2) is 28.9 Å². The van der Waals surface area contributed by atoms with Crippen molar-refractivity contribution in [3.8, 4) is 11.8 Å². The second kappa shape index (κ2) is 5.26. The maximum atomic E-state index is 13.9. The van der Waals surface area contributed by atoms with Crippen molar-refractivity contribution >= 4 is 15.7 Å². The predicted octanol–water partition coefficient (Wildman–Crippen LogP) is 1.04. The molecule has 0 saturated carbocycles. The Balaban J connectivity index is 2.56. The third-order valence-electron chi connectivity index (χ3n) is 2.52. The molecule has 1 aromatic carbocycles. The highest BCUT2D eigenvalue weighted by atomic mass is 32.2. The Morgan fingerprint density at radius 2 is 2.25 bits per heavy atom. The van der Waals surface area contributed by atoms with Crippen LogP contribution in [-0.2, 0) is 10.0 Å². The van der Waals surface area contributed by atoms with Gasteiger partial charge in [-0.15, -0.1) is 0 Å². The van der Waals surface area contributed by atoms with Crippen LogP contribution in [0.1, 0.15) is 12.5 Å². The predicted molar refractivity (Wildman–Crippen MR) is 69.1 cm³/mol. The van der Waals surface area contributed by atoms with Gasteiger partial charge >= 0.3 is 0 Å². The van der Waals surface area contributed by atoms with E-state index in [-0.39, 0.29) is 22.7 Å². The second-order valence-electron chi connectivity index (χ2n) is 3.81. The van der Waals surface area contributed by atoms with Gasteiger partial charge in [0.1, 0.15) is 30.2 Å². The maximum Gasteiger partial charge on any atom is 0.232 e. The van der Waals surface area contributed by atoms with Crippen molar-refractivity contribution in [3.05, 3.63) is 36.2 Å². The molecule has 0 aliphatic carbocycles. The van der Waals surface area contributed by atoms with E-state index in [1.807, 2.05) is 0 Å². The highest BCUT2D eigenvalue weighted by molar-refractivity contribution is 7.92. The molecule has 0 saturated heterocycles. The fourth-order valence-electron chi connectivity index (χ4n) is 1.49. The molecule has 1 N–H and O–H groups in total. The molecule has 0 amide bonds. The van der Waals surface area contributed by atoms with Crippen LogP contribution < -0.4 is 4.72 Å². The van der Waals surface area contributed by atoms with Gasteiger partial charge in [-0.1, -0.05) is 0 Å². The van der Waals surface area contributed by atoms with Gasteiger partial charge in [0.05, 0.1) is 17.0 Å². The van der Waals surface area contributed by atoms with Crippen LogP contribution in [0.2, 0.25) is 0 Å². The summed E-state index contributed by atoms with van der Waals surface area (Å²) in [6.45, 7) is 1.45. The van der Waals surface area contributed by atoms with Crippen LogP contribution in [0.3, 0.4) is 0 Å². The maximum absolute atomic E-state index is 13.9.